The van der Waals surface area contributed by atoms with Crippen molar-refractivity contribution in [2.45, 2.75) is 6.92 Å². The third-order valence-corrected chi connectivity index (χ3v) is 3.51. The summed E-state index contributed by atoms with van der Waals surface area (Å²) in [5.41, 5.74) is 2.99. The van der Waals surface area contributed by atoms with E-state index in [2.05, 4.69) is 4.98 Å². The highest BCUT2D eigenvalue weighted by Gasteiger charge is 2.19. The van der Waals surface area contributed by atoms with Gasteiger partial charge in [0.15, 0.2) is 0 Å². The summed E-state index contributed by atoms with van der Waals surface area (Å²) in [6.07, 6.45) is 1.67. The highest BCUT2D eigenvalue weighted by atomic mass is 16.4. The van der Waals surface area contributed by atoms with Gasteiger partial charge < -0.3 is 14.8 Å². The normalized spacial score (nSPS) is 10.6. The predicted molar refractivity (Wildman–Crippen MR) is 82.4 cm³/mol. The van der Waals surface area contributed by atoms with Gasteiger partial charge in [-0.3, -0.25) is 4.98 Å². The summed E-state index contributed by atoms with van der Waals surface area (Å²) in [6, 6.07) is 13.7. The smallest absolute Gasteiger partial charge is 0.337 e. The van der Waals surface area contributed by atoms with Gasteiger partial charge in [0.05, 0.1) is 17.0 Å². The molecule has 0 atom stereocenters. The van der Waals surface area contributed by atoms with Crippen molar-refractivity contribution in [3.8, 4) is 22.8 Å². The first-order valence-corrected chi connectivity index (χ1v) is 6.74. The van der Waals surface area contributed by atoms with Crippen molar-refractivity contribution >= 4 is 5.97 Å². The minimum Gasteiger partial charge on any atom is -0.508 e. The number of carboxylic acids is 1. The highest BCUT2D eigenvalue weighted by molar-refractivity contribution is 5.91. The maximum atomic E-state index is 11.4. The van der Waals surface area contributed by atoms with Crippen LogP contribution < -0.4 is 0 Å². The summed E-state index contributed by atoms with van der Waals surface area (Å²) in [6.45, 7) is 1.75. The van der Waals surface area contributed by atoms with Crippen LogP contribution in [0, 0.1) is 6.92 Å². The molecule has 0 spiro atoms. The third kappa shape index (κ3) is 2.33. The molecule has 1 aromatic carbocycles. The number of pyridine rings is 1. The zero-order valence-electron chi connectivity index (χ0n) is 11.9. The summed E-state index contributed by atoms with van der Waals surface area (Å²) >= 11 is 0. The molecule has 2 N–H and O–H groups in total. The second kappa shape index (κ2) is 5.37. The number of benzene rings is 1. The molecule has 0 aliphatic heterocycles. The molecule has 0 aliphatic rings. The van der Waals surface area contributed by atoms with E-state index in [4.69, 9.17) is 0 Å². The second-order valence-corrected chi connectivity index (χ2v) is 4.90. The summed E-state index contributed by atoms with van der Waals surface area (Å²) in [5, 5.41) is 18.8. The van der Waals surface area contributed by atoms with Gasteiger partial charge in [-0.25, -0.2) is 4.79 Å². The number of aromatic hydroxyl groups is 1. The van der Waals surface area contributed by atoms with Crippen molar-refractivity contribution in [1.82, 2.24) is 9.55 Å². The Bertz CT molecular complexity index is 821. The van der Waals surface area contributed by atoms with Gasteiger partial charge in [0.2, 0.25) is 0 Å². The molecule has 2 heterocycles. The van der Waals surface area contributed by atoms with Crippen molar-refractivity contribution in [3.05, 3.63) is 66.0 Å². The Labute approximate surface area is 127 Å². The Balaban J connectivity index is 2.27. The number of hydrogen-bond donors (Lipinski definition) is 2. The minimum atomic E-state index is -0.979. The Morgan fingerprint density at radius 1 is 1.14 bits per heavy atom. The molecule has 2 aromatic heterocycles. The van der Waals surface area contributed by atoms with Crippen LogP contribution in [0.25, 0.3) is 17.1 Å². The van der Waals surface area contributed by atoms with Crippen LogP contribution in [0.1, 0.15) is 16.1 Å². The molecule has 0 aliphatic carbocycles. The van der Waals surface area contributed by atoms with Crippen LogP contribution in [-0.4, -0.2) is 25.7 Å². The maximum absolute atomic E-state index is 11.4. The topological polar surface area (TPSA) is 75.3 Å². The summed E-state index contributed by atoms with van der Waals surface area (Å²) < 4.78 is 1.82. The van der Waals surface area contributed by atoms with E-state index in [-0.39, 0.29) is 11.3 Å². The molecule has 0 saturated carbocycles. The molecule has 3 aromatic rings. The van der Waals surface area contributed by atoms with Crippen LogP contribution in [0.3, 0.4) is 0 Å². The van der Waals surface area contributed by atoms with Crippen molar-refractivity contribution < 1.29 is 15.0 Å². The van der Waals surface area contributed by atoms with Crippen LogP contribution >= 0.6 is 0 Å². The number of aromatic carboxylic acids is 1. The molecule has 0 bridgehead atoms. The monoisotopic (exact) mass is 294 g/mol. The number of nitrogens with zero attached hydrogens (tertiary/aromatic N) is 2. The van der Waals surface area contributed by atoms with Crippen molar-refractivity contribution in [2.24, 2.45) is 0 Å². The van der Waals surface area contributed by atoms with Crippen LogP contribution in [-0.2, 0) is 0 Å². The Morgan fingerprint density at radius 3 is 2.45 bits per heavy atom. The second-order valence-electron chi connectivity index (χ2n) is 4.90. The van der Waals surface area contributed by atoms with Crippen molar-refractivity contribution in [1.29, 1.82) is 0 Å². The molecule has 22 heavy (non-hydrogen) atoms. The number of carboxylic acid groups (broad SMARTS) is 1. The molecule has 0 unspecified atom stereocenters. The number of phenolic OH excluding ortho intramolecular Hbond substituents is 1. The quantitative estimate of drug-likeness (QED) is 0.777. The van der Waals surface area contributed by atoms with Crippen LogP contribution in [0.5, 0.6) is 5.75 Å². The Kier molecular flexibility index (Phi) is 3.39. The number of hydrogen-bond acceptors (Lipinski definition) is 3. The van der Waals surface area contributed by atoms with E-state index in [1.165, 1.54) is 0 Å². The first-order chi connectivity index (χ1) is 10.6. The largest absolute Gasteiger partial charge is 0.508 e. The molecule has 0 fully saturated rings. The van der Waals surface area contributed by atoms with Crippen molar-refractivity contribution in [3.63, 3.8) is 0 Å². The van der Waals surface area contributed by atoms with Gasteiger partial charge in [-0.1, -0.05) is 6.07 Å². The van der Waals surface area contributed by atoms with E-state index in [1.807, 2.05) is 22.8 Å². The molecule has 0 amide bonds. The van der Waals surface area contributed by atoms with Gasteiger partial charge in [-0.2, -0.15) is 0 Å². The van der Waals surface area contributed by atoms with Gasteiger partial charge in [-0.05, 0) is 49.4 Å². The lowest BCUT2D eigenvalue weighted by Crippen LogP contribution is -2.02. The average molecular weight is 294 g/mol. The minimum absolute atomic E-state index is 0.159. The standard InChI is InChI=1S/C17H14N2O3/c1-11-14(17(21)22)10-16(15-4-2-3-9-18-15)19(11)12-5-7-13(20)8-6-12/h2-10,20H,1H3,(H,21,22). The first kappa shape index (κ1) is 13.9. The average Bonchev–Trinajstić information content (AvgIpc) is 2.87. The van der Waals surface area contributed by atoms with Crippen LogP contribution in [0.4, 0.5) is 0 Å². The molecule has 5 nitrogen and oxygen atoms in total. The van der Waals surface area contributed by atoms with E-state index in [0.29, 0.717) is 17.1 Å². The fourth-order valence-electron chi connectivity index (χ4n) is 2.46. The van der Waals surface area contributed by atoms with Gasteiger partial charge >= 0.3 is 5.97 Å². The van der Waals surface area contributed by atoms with E-state index in [1.54, 1.807) is 43.5 Å². The first-order valence-electron chi connectivity index (χ1n) is 6.74. The fraction of sp³-hybridized carbons (Fsp3) is 0.0588. The molecule has 3 rings (SSSR count). The molecule has 5 heteroatoms. The lowest BCUT2D eigenvalue weighted by Gasteiger charge is -2.11. The van der Waals surface area contributed by atoms with Gasteiger partial charge in [0, 0.05) is 17.6 Å². The maximum Gasteiger partial charge on any atom is 0.337 e. The summed E-state index contributed by atoms with van der Waals surface area (Å²) in [7, 11) is 0. The van der Waals surface area contributed by atoms with Crippen LogP contribution in [0.15, 0.2) is 54.7 Å². The van der Waals surface area contributed by atoms with Crippen molar-refractivity contribution in [2.75, 3.05) is 0 Å². The SMILES string of the molecule is Cc1c(C(=O)O)cc(-c2ccccn2)n1-c1ccc(O)cc1. The molecule has 0 saturated heterocycles. The lowest BCUT2D eigenvalue weighted by molar-refractivity contribution is 0.0696. The van der Waals surface area contributed by atoms with Gasteiger partial charge in [-0.15, -0.1) is 0 Å². The summed E-state index contributed by atoms with van der Waals surface area (Å²) in [4.78, 5) is 15.7. The van der Waals surface area contributed by atoms with Gasteiger partial charge in [0.25, 0.3) is 0 Å². The zero-order chi connectivity index (χ0) is 15.7. The number of phenols is 1. The number of carbonyl (C=O) groups is 1. The Morgan fingerprint density at radius 2 is 1.86 bits per heavy atom. The Hall–Kier alpha value is -3.08. The lowest BCUT2D eigenvalue weighted by atomic mass is 10.2. The van der Waals surface area contributed by atoms with E-state index < -0.39 is 5.97 Å². The fourth-order valence-corrected chi connectivity index (χ4v) is 2.46. The number of rotatable bonds is 3. The third-order valence-electron chi connectivity index (χ3n) is 3.51. The molecular weight excluding hydrogens is 280 g/mol. The van der Waals surface area contributed by atoms with E-state index in [0.717, 1.165) is 5.69 Å². The zero-order valence-corrected chi connectivity index (χ0v) is 11.9. The van der Waals surface area contributed by atoms with Gasteiger partial charge in [0.1, 0.15) is 5.75 Å². The van der Waals surface area contributed by atoms with Crippen LogP contribution in [0.2, 0.25) is 0 Å². The molecule has 110 valence electrons. The van der Waals surface area contributed by atoms with E-state index in [9.17, 15) is 15.0 Å². The molecule has 0 radical (unpaired) electrons. The predicted octanol–water partition coefficient (Wildman–Crippen LogP) is 3.25. The molecular formula is C17H14N2O3. The van der Waals surface area contributed by atoms with E-state index >= 15 is 0 Å². The number of aromatic nitrogens is 2. The highest BCUT2D eigenvalue weighted by Crippen LogP contribution is 2.29. The summed E-state index contributed by atoms with van der Waals surface area (Å²) in [5.74, 6) is -0.821.